The Morgan fingerprint density at radius 1 is 1.08 bits per heavy atom. The number of nitrogens with two attached hydrogens (primary N) is 1. The number of nitrogen functional groups attached to an aromatic ring is 1. The number of anilines is 1. The molecular formula is C20H20N2O3. The van der Waals surface area contributed by atoms with Crippen molar-refractivity contribution in [1.29, 1.82) is 0 Å². The van der Waals surface area contributed by atoms with E-state index in [1.165, 1.54) is 0 Å². The summed E-state index contributed by atoms with van der Waals surface area (Å²) < 4.78 is 6.21. The largest absolute Gasteiger partial charge is 0.486 e. The van der Waals surface area contributed by atoms with Crippen LogP contribution in [0.5, 0.6) is 5.75 Å². The molecule has 0 saturated carbocycles. The Hall–Kier alpha value is -2.82. The summed E-state index contributed by atoms with van der Waals surface area (Å²) in [7, 11) is 0. The maximum absolute atomic E-state index is 12.6. The van der Waals surface area contributed by atoms with Crippen LogP contribution in [0.3, 0.4) is 0 Å². The van der Waals surface area contributed by atoms with E-state index in [-0.39, 0.29) is 11.7 Å². The highest BCUT2D eigenvalue weighted by molar-refractivity contribution is 6.01. The zero-order chi connectivity index (χ0) is 17.4. The Morgan fingerprint density at radius 3 is 2.52 bits per heavy atom. The van der Waals surface area contributed by atoms with E-state index in [0.717, 1.165) is 0 Å². The third-order valence-electron chi connectivity index (χ3n) is 5.10. The summed E-state index contributed by atoms with van der Waals surface area (Å²) in [5.74, 6) is 0.704. The van der Waals surface area contributed by atoms with E-state index in [2.05, 4.69) is 0 Å². The lowest BCUT2D eigenvalue weighted by Gasteiger charge is -2.44. The summed E-state index contributed by atoms with van der Waals surface area (Å²) in [5.41, 5.74) is 7.09. The van der Waals surface area contributed by atoms with Crippen LogP contribution in [-0.4, -0.2) is 35.3 Å². The van der Waals surface area contributed by atoms with Crippen LogP contribution in [0, 0.1) is 0 Å². The molecule has 1 amide bonds. The van der Waals surface area contributed by atoms with E-state index < -0.39 is 5.60 Å². The van der Waals surface area contributed by atoms with Crippen molar-refractivity contribution in [2.24, 2.45) is 0 Å². The molecule has 1 spiro atoms. The second-order valence-electron chi connectivity index (χ2n) is 6.80. The van der Waals surface area contributed by atoms with Gasteiger partial charge in [-0.2, -0.15) is 0 Å². The smallest absolute Gasteiger partial charge is 0.253 e. The molecule has 0 unspecified atom stereocenters. The number of benzene rings is 2. The van der Waals surface area contributed by atoms with Gasteiger partial charge in [0.1, 0.15) is 11.4 Å². The summed E-state index contributed by atoms with van der Waals surface area (Å²) in [6, 6.07) is 14.5. The Bertz CT molecular complexity index is 824. The third kappa shape index (κ3) is 2.86. The van der Waals surface area contributed by atoms with Gasteiger partial charge in [0.2, 0.25) is 0 Å². The van der Waals surface area contributed by atoms with E-state index in [4.69, 9.17) is 10.5 Å². The van der Waals surface area contributed by atoms with Crippen LogP contribution < -0.4 is 10.5 Å². The Labute approximate surface area is 146 Å². The number of likely N-dealkylation sites (tertiary alicyclic amines) is 1. The summed E-state index contributed by atoms with van der Waals surface area (Å²) in [4.78, 5) is 26.9. The lowest BCUT2D eigenvalue weighted by Crippen LogP contribution is -2.52. The van der Waals surface area contributed by atoms with Gasteiger partial charge in [-0.3, -0.25) is 9.59 Å². The van der Waals surface area contributed by atoms with Crippen LogP contribution in [-0.2, 0) is 0 Å². The number of rotatable bonds is 1. The fourth-order valence-electron chi connectivity index (χ4n) is 3.67. The van der Waals surface area contributed by atoms with Crippen molar-refractivity contribution in [3.63, 3.8) is 0 Å². The monoisotopic (exact) mass is 336 g/mol. The molecule has 2 N–H and O–H groups in total. The van der Waals surface area contributed by atoms with Crippen molar-refractivity contribution in [3.8, 4) is 5.75 Å². The van der Waals surface area contributed by atoms with Gasteiger partial charge in [-0.15, -0.1) is 0 Å². The molecule has 0 aromatic heterocycles. The summed E-state index contributed by atoms with van der Waals surface area (Å²) >= 11 is 0. The normalized spacial score (nSPS) is 18.6. The summed E-state index contributed by atoms with van der Waals surface area (Å²) in [6.45, 7) is 1.18. The van der Waals surface area contributed by atoms with Crippen molar-refractivity contribution in [2.75, 3.05) is 18.8 Å². The molecule has 2 aromatic carbocycles. The van der Waals surface area contributed by atoms with Gasteiger partial charge in [0, 0.05) is 37.2 Å². The molecule has 0 radical (unpaired) electrons. The molecule has 0 aliphatic carbocycles. The molecule has 1 fully saturated rings. The predicted octanol–water partition coefficient (Wildman–Crippen LogP) is 2.91. The number of ketones is 1. The number of Topliss-reactive ketones (excluding diaryl/α,β-unsaturated/α-hetero) is 1. The SMILES string of the molecule is Nc1ccc2c(c1)C(=O)CC1(CCN(C(=O)c3ccccc3)CC1)O2. The highest BCUT2D eigenvalue weighted by atomic mass is 16.5. The van der Waals surface area contributed by atoms with Crippen LogP contribution in [0.4, 0.5) is 5.69 Å². The van der Waals surface area contributed by atoms with Crippen LogP contribution >= 0.6 is 0 Å². The molecule has 0 atom stereocenters. The average Bonchev–Trinajstić information content (AvgIpc) is 2.63. The highest BCUT2D eigenvalue weighted by Gasteiger charge is 2.43. The summed E-state index contributed by atoms with van der Waals surface area (Å²) in [5, 5.41) is 0. The molecule has 5 nitrogen and oxygen atoms in total. The Kier molecular flexibility index (Phi) is 3.71. The lowest BCUT2D eigenvalue weighted by molar-refractivity contribution is -0.00569. The number of hydrogen-bond donors (Lipinski definition) is 1. The van der Waals surface area contributed by atoms with Crippen LogP contribution in [0.15, 0.2) is 48.5 Å². The first kappa shape index (κ1) is 15.7. The first-order valence-corrected chi connectivity index (χ1v) is 8.52. The van der Waals surface area contributed by atoms with E-state index in [0.29, 0.717) is 54.9 Å². The van der Waals surface area contributed by atoms with E-state index >= 15 is 0 Å². The minimum Gasteiger partial charge on any atom is -0.486 e. The van der Waals surface area contributed by atoms with Gasteiger partial charge < -0.3 is 15.4 Å². The number of carbonyl (C=O) groups is 2. The van der Waals surface area contributed by atoms with Gasteiger partial charge >= 0.3 is 0 Å². The molecule has 25 heavy (non-hydrogen) atoms. The van der Waals surface area contributed by atoms with Crippen molar-refractivity contribution in [2.45, 2.75) is 24.9 Å². The minimum absolute atomic E-state index is 0.0331. The molecule has 2 aliphatic heterocycles. The number of piperidine rings is 1. The number of amides is 1. The fraction of sp³-hybridized carbons (Fsp3) is 0.300. The number of carbonyl (C=O) groups excluding carboxylic acids is 2. The molecule has 2 aromatic rings. The second-order valence-corrected chi connectivity index (χ2v) is 6.80. The quantitative estimate of drug-likeness (QED) is 0.813. The first-order chi connectivity index (χ1) is 12.1. The molecular weight excluding hydrogens is 316 g/mol. The van der Waals surface area contributed by atoms with Gasteiger partial charge in [-0.1, -0.05) is 18.2 Å². The van der Waals surface area contributed by atoms with E-state index in [1.54, 1.807) is 18.2 Å². The Morgan fingerprint density at radius 2 is 1.80 bits per heavy atom. The second kappa shape index (κ2) is 5.92. The molecule has 0 bridgehead atoms. The van der Waals surface area contributed by atoms with Crippen molar-refractivity contribution >= 4 is 17.4 Å². The molecule has 2 heterocycles. The maximum atomic E-state index is 12.6. The average molecular weight is 336 g/mol. The van der Waals surface area contributed by atoms with Gasteiger partial charge in [0.25, 0.3) is 5.91 Å². The number of hydrogen-bond acceptors (Lipinski definition) is 4. The lowest BCUT2D eigenvalue weighted by atomic mass is 9.82. The number of nitrogens with zero attached hydrogens (tertiary/aromatic N) is 1. The van der Waals surface area contributed by atoms with Crippen molar-refractivity contribution in [3.05, 3.63) is 59.7 Å². The number of ether oxygens (including phenoxy) is 1. The van der Waals surface area contributed by atoms with Gasteiger partial charge in [-0.25, -0.2) is 0 Å². The van der Waals surface area contributed by atoms with Gasteiger partial charge in [0.15, 0.2) is 5.78 Å². The van der Waals surface area contributed by atoms with Crippen LogP contribution in [0.25, 0.3) is 0 Å². The topological polar surface area (TPSA) is 72.6 Å². The fourth-order valence-corrected chi connectivity index (χ4v) is 3.67. The standard InChI is InChI=1S/C20H20N2O3/c21-15-6-7-18-16(12-15)17(23)13-20(25-18)8-10-22(11-9-20)19(24)14-4-2-1-3-5-14/h1-7,12H,8-11,13,21H2. The third-order valence-corrected chi connectivity index (χ3v) is 5.10. The van der Waals surface area contributed by atoms with Crippen LogP contribution in [0.1, 0.15) is 40.0 Å². The predicted molar refractivity (Wildman–Crippen MR) is 94.7 cm³/mol. The van der Waals surface area contributed by atoms with Crippen molar-refractivity contribution < 1.29 is 14.3 Å². The van der Waals surface area contributed by atoms with Crippen LogP contribution in [0.2, 0.25) is 0 Å². The highest BCUT2D eigenvalue weighted by Crippen LogP contribution is 2.40. The first-order valence-electron chi connectivity index (χ1n) is 8.52. The summed E-state index contributed by atoms with van der Waals surface area (Å²) in [6.07, 6.45) is 1.65. The molecule has 2 aliphatic rings. The van der Waals surface area contributed by atoms with Gasteiger partial charge in [-0.05, 0) is 30.3 Å². The maximum Gasteiger partial charge on any atom is 0.253 e. The van der Waals surface area contributed by atoms with E-state index in [1.807, 2.05) is 35.2 Å². The van der Waals surface area contributed by atoms with E-state index in [9.17, 15) is 9.59 Å². The molecule has 4 rings (SSSR count). The zero-order valence-electron chi connectivity index (χ0n) is 13.9. The molecule has 1 saturated heterocycles. The number of fused-ring (bicyclic) bond motifs is 1. The zero-order valence-corrected chi connectivity index (χ0v) is 13.9. The Balaban J connectivity index is 1.49. The molecule has 128 valence electrons. The van der Waals surface area contributed by atoms with Crippen molar-refractivity contribution in [1.82, 2.24) is 4.90 Å². The minimum atomic E-state index is -0.506. The van der Waals surface area contributed by atoms with Gasteiger partial charge in [0.05, 0.1) is 12.0 Å². The molecule has 5 heteroatoms.